The molecule has 1 unspecified atom stereocenters. The number of nitrogens with two attached hydrogens (primary N) is 7. The number of aliphatic hydroxyl groups excluding tert-OH is 1. The minimum Gasteiger partial charge on any atom is -0.494 e. The largest absolute Gasteiger partial charge is 0.494 e. The van der Waals surface area contributed by atoms with Gasteiger partial charge in [-0.15, -0.1) is 0 Å². The van der Waals surface area contributed by atoms with Crippen LogP contribution in [0.4, 0.5) is 41.4 Å². The Hall–Kier alpha value is -8.60. The molecular weight excluding hydrogens is 1290 g/mol. The number of aryl methyl sites for hydroxylation is 4. The van der Waals surface area contributed by atoms with E-state index < -0.39 is 6.10 Å². The van der Waals surface area contributed by atoms with E-state index in [0.29, 0.717) is 41.8 Å². The molecule has 0 aliphatic heterocycles. The molecule has 1 aliphatic carbocycles. The van der Waals surface area contributed by atoms with E-state index in [-0.39, 0.29) is 70.1 Å². The molecule has 574 valence electrons. The molecule has 8 rings (SSSR count). The van der Waals surface area contributed by atoms with E-state index in [9.17, 15) is 5.11 Å². The standard InChI is InChI=1S/C14H23N3.C12H19N3O.C12H21N3.C11H19N3O.C11H17N3.2C9H15N3.2CH4/c1-5-9-6-7-10-11(8-9)16-13(15)17-12(10)14(2,3)4;1-6-16-8(2)9-7-14-11(13)15-10(9)12(3,4)5;1-11(2,3)8-7-14-10(13)15-9(8)12(4,5)6;1-6-8(7(2)15)9(11(3,4)5)14-10(12)13-6;1-6-8-7(2)13-10(12)14-9(8)11(3,4)5;1-6-11-7(9(2,3)4)5-8(10)12-6;1-6-5-11-8(9(2,3)4)12-7(6)10;;/h9H,5-8H2,1-4H3,(H2,15,16,17);7H,2,6H2,1,3-5H3,(H2,13,14,15);7H,1-6H3,(H2,13,14,15);7,15H,1-5H3,(H2,12,13,14);6H,1H2,2-5H3,(H2,12,13,14);2*5H,1-4H3,(H2,10,11,12);2*1H4/t9-;;;;;;;;/m0......../s1. The Balaban J connectivity index is 0.00000118. The first kappa shape index (κ1) is 94.4. The Bertz CT molecular complexity index is 3860. The zero-order valence-electron chi connectivity index (χ0n) is 67.6. The predicted molar refractivity (Wildman–Crippen MR) is 434 cm³/mol. The van der Waals surface area contributed by atoms with Gasteiger partial charge in [0.2, 0.25) is 29.7 Å². The van der Waals surface area contributed by atoms with Gasteiger partial charge in [0, 0.05) is 90.6 Å². The number of rotatable bonds is 6. The second kappa shape index (κ2) is 37.7. The predicted octanol–water partition coefficient (Wildman–Crippen LogP) is 16.5. The van der Waals surface area contributed by atoms with Crippen molar-refractivity contribution in [2.75, 3.05) is 46.7 Å². The zero-order valence-corrected chi connectivity index (χ0v) is 67.6. The quantitative estimate of drug-likeness (QED) is 0.0717. The number of anilines is 7. The molecule has 0 amide bonds. The lowest BCUT2D eigenvalue weighted by atomic mass is 9.79. The van der Waals surface area contributed by atoms with Gasteiger partial charge in [0.25, 0.3) is 0 Å². The van der Waals surface area contributed by atoms with Gasteiger partial charge in [0.05, 0.1) is 58.1 Å². The monoisotopic (exact) mass is 1420 g/mol. The molecule has 7 aromatic rings. The normalized spacial score (nSPS) is 13.3. The van der Waals surface area contributed by atoms with Crippen molar-refractivity contribution in [3.05, 3.63) is 134 Å². The molecule has 0 saturated carbocycles. The van der Waals surface area contributed by atoms with Gasteiger partial charge in [-0.3, -0.25) is 0 Å². The van der Waals surface area contributed by atoms with Crippen molar-refractivity contribution in [2.24, 2.45) is 5.92 Å². The lowest BCUT2D eigenvalue weighted by Crippen LogP contribution is -2.25. The topological polar surface area (TPSA) is 392 Å². The highest BCUT2D eigenvalue weighted by atomic mass is 16.5. The first-order valence-electron chi connectivity index (χ1n) is 34.8. The third-order valence-electron chi connectivity index (χ3n) is 15.8. The van der Waals surface area contributed by atoms with Gasteiger partial charge in [-0.25, -0.2) is 69.8 Å². The summed E-state index contributed by atoms with van der Waals surface area (Å²) < 4.78 is 5.39. The molecule has 15 N–H and O–H groups in total. The fourth-order valence-corrected chi connectivity index (χ4v) is 10.5. The van der Waals surface area contributed by atoms with Crippen LogP contribution in [0.1, 0.15) is 317 Å². The molecule has 0 bridgehead atoms. The van der Waals surface area contributed by atoms with Crippen molar-refractivity contribution in [2.45, 2.75) is 305 Å². The fraction of sp³-hybridized carbons (Fsp3) is 0.600. The summed E-state index contributed by atoms with van der Waals surface area (Å²) >= 11 is 0. The summed E-state index contributed by atoms with van der Waals surface area (Å²) in [6, 6.07) is 1.83. The summed E-state index contributed by atoms with van der Waals surface area (Å²) in [5, 5.41) is 9.72. The van der Waals surface area contributed by atoms with Gasteiger partial charge in [-0.05, 0) is 83.3 Å². The highest BCUT2D eigenvalue weighted by Crippen LogP contribution is 2.36. The van der Waals surface area contributed by atoms with Crippen LogP contribution in [0.15, 0.2) is 37.8 Å². The fourth-order valence-electron chi connectivity index (χ4n) is 10.5. The highest BCUT2D eigenvalue weighted by molar-refractivity contribution is 5.61. The average molecular weight is 1430 g/mol. The maximum Gasteiger partial charge on any atom is 0.220 e. The Kier molecular flexibility index (Phi) is 34.6. The number of fused-ring (bicyclic) bond motifs is 1. The Labute approximate surface area is 621 Å². The van der Waals surface area contributed by atoms with Crippen LogP contribution in [0, 0.1) is 33.6 Å². The number of aliphatic hydroxyl groups is 1. The van der Waals surface area contributed by atoms with E-state index in [1.807, 2.05) is 67.7 Å². The lowest BCUT2D eigenvalue weighted by Gasteiger charge is -2.29. The van der Waals surface area contributed by atoms with Crippen LogP contribution in [0.2, 0.25) is 0 Å². The van der Waals surface area contributed by atoms with E-state index in [4.69, 9.17) is 44.9 Å². The zero-order chi connectivity index (χ0) is 78.3. The van der Waals surface area contributed by atoms with Crippen LogP contribution in [0.25, 0.3) is 11.8 Å². The van der Waals surface area contributed by atoms with E-state index in [1.54, 1.807) is 25.4 Å². The molecule has 2 atom stereocenters. The summed E-state index contributed by atoms with van der Waals surface area (Å²) in [5.74, 6) is 5.68. The van der Waals surface area contributed by atoms with E-state index in [2.05, 4.69) is 235 Å². The maximum atomic E-state index is 9.72. The van der Waals surface area contributed by atoms with Gasteiger partial charge in [-0.2, -0.15) is 0 Å². The summed E-state index contributed by atoms with van der Waals surface area (Å²) in [6.07, 6.45) is 11.2. The van der Waals surface area contributed by atoms with Gasteiger partial charge in [0.15, 0.2) is 0 Å². The van der Waals surface area contributed by atoms with Gasteiger partial charge in [-0.1, -0.05) is 214 Å². The van der Waals surface area contributed by atoms with E-state index >= 15 is 0 Å². The summed E-state index contributed by atoms with van der Waals surface area (Å²) in [6.45, 7) is 72.3. The molecule has 0 spiro atoms. The minimum atomic E-state index is -0.570. The highest BCUT2D eigenvalue weighted by Gasteiger charge is 2.31. The van der Waals surface area contributed by atoms with Crippen molar-refractivity contribution >= 4 is 53.2 Å². The lowest BCUT2D eigenvalue weighted by molar-refractivity contribution is 0.194. The molecule has 0 saturated heterocycles. The molecule has 0 radical (unpaired) electrons. The Morgan fingerprint density at radius 3 is 1.41 bits per heavy atom. The number of nitrogens with zero attached hydrogens (tertiary/aromatic N) is 14. The molecule has 7 aromatic heterocycles. The number of nitrogen functional groups attached to an aromatic ring is 7. The molecule has 1 aliphatic rings. The number of hydrogen-bond donors (Lipinski definition) is 8. The molecule has 7 heterocycles. The van der Waals surface area contributed by atoms with Crippen LogP contribution in [0.5, 0.6) is 0 Å². The summed E-state index contributed by atoms with van der Waals surface area (Å²) in [4.78, 5) is 59.1. The van der Waals surface area contributed by atoms with Crippen LogP contribution in [0.3, 0.4) is 0 Å². The first-order valence-corrected chi connectivity index (χ1v) is 34.8. The van der Waals surface area contributed by atoms with Crippen molar-refractivity contribution < 1.29 is 9.84 Å². The number of ether oxygens (including phenoxy) is 1. The second-order valence-corrected chi connectivity index (χ2v) is 33.9. The smallest absolute Gasteiger partial charge is 0.220 e. The Morgan fingerprint density at radius 2 is 0.981 bits per heavy atom. The first-order chi connectivity index (χ1) is 45.8. The number of hydrogen-bond acceptors (Lipinski definition) is 23. The van der Waals surface area contributed by atoms with Crippen molar-refractivity contribution in [3.63, 3.8) is 0 Å². The minimum absolute atomic E-state index is 0. The van der Waals surface area contributed by atoms with E-state index in [1.165, 1.54) is 29.7 Å². The van der Waals surface area contributed by atoms with Crippen LogP contribution in [-0.4, -0.2) is 81.5 Å². The molecule has 103 heavy (non-hydrogen) atoms. The SMILES string of the molecule is C.C.C=C(OCC)c1cnc(N)nc1C(C)(C)C.C=Cc1c(C)nc(N)nc1C(C)(C)C.CC(C)(C)c1cnc(N)nc1C(C)(C)C.CC[C@H]1CCc2c(nc(N)nc2C(C)(C)C)C1.Cc1cnc(C(C)(C)C)nc1N.Cc1nc(N)cc(C(C)(C)C)n1.Cc1nc(N)nc(C(C)(C)C)c1C(C)O. The van der Waals surface area contributed by atoms with Gasteiger partial charge < -0.3 is 50.0 Å². The molecule has 23 nitrogen and oxygen atoms in total. The molecule has 0 fully saturated rings. The summed E-state index contributed by atoms with van der Waals surface area (Å²) in [7, 11) is 0. The molecule has 23 heteroatoms. The average Bonchev–Trinajstić information content (AvgIpc) is 0.811. The third-order valence-corrected chi connectivity index (χ3v) is 15.8. The summed E-state index contributed by atoms with van der Waals surface area (Å²) in [5.41, 5.74) is 54.2. The van der Waals surface area contributed by atoms with Crippen LogP contribution in [-0.2, 0) is 60.9 Å². The van der Waals surface area contributed by atoms with E-state index in [0.717, 1.165) is 98.2 Å². The Morgan fingerprint density at radius 1 is 0.524 bits per heavy atom. The second-order valence-electron chi connectivity index (χ2n) is 33.9. The van der Waals surface area contributed by atoms with Crippen molar-refractivity contribution in [1.82, 2.24) is 69.8 Å². The van der Waals surface area contributed by atoms with Gasteiger partial charge in [0.1, 0.15) is 29.0 Å². The number of aromatic nitrogens is 14. The van der Waals surface area contributed by atoms with Crippen molar-refractivity contribution in [1.29, 1.82) is 0 Å². The van der Waals surface area contributed by atoms with Crippen molar-refractivity contribution in [3.8, 4) is 0 Å². The third kappa shape index (κ3) is 29.6. The molecule has 0 aromatic carbocycles. The maximum absolute atomic E-state index is 9.72. The molecular formula is C80H137N21O2. The van der Waals surface area contributed by atoms with Crippen LogP contribution < -0.4 is 40.1 Å². The van der Waals surface area contributed by atoms with Gasteiger partial charge >= 0.3 is 0 Å². The van der Waals surface area contributed by atoms with Crippen LogP contribution >= 0.6 is 0 Å².